The summed E-state index contributed by atoms with van der Waals surface area (Å²) in [6.45, 7) is 7.99. The first-order chi connectivity index (χ1) is 14.6. The van der Waals surface area contributed by atoms with Crippen molar-refractivity contribution >= 4 is 17.3 Å². The fraction of sp³-hybridized carbons (Fsp3) is 0.364. The first-order valence-electron chi connectivity index (χ1n) is 10.3. The average molecular weight is 408 g/mol. The molecule has 5 rings (SSSR count). The van der Waals surface area contributed by atoms with Gasteiger partial charge in [0.15, 0.2) is 0 Å². The summed E-state index contributed by atoms with van der Waals surface area (Å²) < 4.78 is 20.1. The van der Waals surface area contributed by atoms with Gasteiger partial charge in [0.2, 0.25) is 5.95 Å². The van der Waals surface area contributed by atoms with Crippen LogP contribution in [0.2, 0.25) is 0 Å². The fourth-order valence-corrected chi connectivity index (χ4v) is 3.96. The summed E-state index contributed by atoms with van der Waals surface area (Å²) in [4.78, 5) is 9.30. The number of nitrogens with zero attached hydrogens (tertiary/aromatic N) is 5. The number of aromatic nitrogens is 3. The quantitative estimate of drug-likeness (QED) is 0.701. The molecule has 8 heteroatoms. The maximum Gasteiger partial charge on any atom is 0.246 e. The smallest absolute Gasteiger partial charge is 0.246 e. The third-order valence-corrected chi connectivity index (χ3v) is 5.72. The topological polar surface area (TPSA) is 58.5 Å². The summed E-state index contributed by atoms with van der Waals surface area (Å²) >= 11 is 0. The number of piperazine rings is 1. The molecule has 2 aliphatic heterocycles. The van der Waals surface area contributed by atoms with Gasteiger partial charge in [0.05, 0.1) is 24.9 Å². The number of benzene rings is 2. The molecular weight excluding hydrogens is 383 g/mol. The van der Waals surface area contributed by atoms with Crippen LogP contribution in [0.15, 0.2) is 48.8 Å². The van der Waals surface area contributed by atoms with Crippen molar-refractivity contribution < 1.29 is 9.13 Å². The lowest BCUT2D eigenvalue weighted by atomic mass is 10.1. The molecule has 3 aromatic rings. The van der Waals surface area contributed by atoms with E-state index in [9.17, 15) is 4.39 Å². The van der Waals surface area contributed by atoms with E-state index in [4.69, 9.17) is 4.74 Å². The highest BCUT2D eigenvalue weighted by molar-refractivity contribution is 5.64. The minimum Gasteiger partial charge on any atom is -0.378 e. The molecule has 0 bridgehead atoms. The van der Waals surface area contributed by atoms with Gasteiger partial charge < -0.3 is 15.0 Å². The summed E-state index contributed by atoms with van der Waals surface area (Å²) in [7, 11) is 0. The Labute approximate surface area is 175 Å². The number of rotatable bonds is 5. The highest BCUT2D eigenvalue weighted by Gasteiger charge is 2.29. The van der Waals surface area contributed by atoms with Crippen LogP contribution in [0.25, 0.3) is 5.69 Å². The molecular formula is C22H25FN6O. The van der Waals surface area contributed by atoms with E-state index in [0.717, 1.165) is 50.8 Å². The van der Waals surface area contributed by atoms with E-state index in [1.165, 1.54) is 23.4 Å². The van der Waals surface area contributed by atoms with Crippen LogP contribution >= 0.6 is 0 Å². The highest BCUT2D eigenvalue weighted by Crippen LogP contribution is 2.26. The Hall–Kier alpha value is -2.97. The van der Waals surface area contributed by atoms with Crippen molar-refractivity contribution in [2.24, 2.45) is 0 Å². The van der Waals surface area contributed by atoms with E-state index < -0.39 is 0 Å². The lowest BCUT2D eigenvalue weighted by Crippen LogP contribution is -2.56. The summed E-state index contributed by atoms with van der Waals surface area (Å²) in [6.07, 6.45) is 1.62. The molecule has 0 unspecified atom stereocenters. The van der Waals surface area contributed by atoms with Crippen LogP contribution in [0, 0.1) is 12.7 Å². The van der Waals surface area contributed by atoms with Crippen molar-refractivity contribution in [2.75, 3.05) is 49.6 Å². The van der Waals surface area contributed by atoms with Gasteiger partial charge in [-0.15, -0.1) is 5.10 Å². The zero-order valence-corrected chi connectivity index (χ0v) is 17.0. The molecule has 0 radical (unpaired) electrons. The molecule has 0 spiro atoms. The summed E-state index contributed by atoms with van der Waals surface area (Å²) in [5.74, 6) is 0.233. The Bertz CT molecular complexity index is 1010. The Kier molecular flexibility index (Phi) is 5.10. The number of hydrogen-bond acceptors (Lipinski definition) is 6. The third-order valence-electron chi connectivity index (χ3n) is 5.72. The van der Waals surface area contributed by atoms with Crippen LogP contribution in [-0.4, -0.2) is 65.1 Å². The SMILES string of the molecule is Cc1cc(Nc2ncn(-c3ccc(F)cc3)n2)cc(N2CCN(C3COC3)CC2)c1. The van der Waals surface area contributed by atoms with E-state index in [-0.39, 0.29) is 5.82 Å². The largest absolute Gasteiger partial charge is 0.378 e. The van der Waals surface area contributed by atoms with E-state index in [2.05, 4.69) is 50.3 Å². The van der Waals surface area contributed by atoms with E-state index in [0.29, 0.717) is 12.0 Å². The third kappa shape index (κ3) is 4.01. The molecule has 1 aromatic heterocycles. The standard InChI is InChI=1S/C22H25FN6O/c1-16-10-18(25-22-24-15-29(26-22)19-4-2-17(23)3-5-19)12-20(11-16)27-6-8-28(9-7-27)21-13-30-14-21/h2-5,10-12,15,21H,6-9,13-14H2,1H3,(H,25,26). The van der Waals surface area contributed by atoms with Crippen LogP contribution < -0.4 is 10.2 Å². The van der Waals surface area contributed by atoms with Gasteiger partial charge in [-0.3, -0.25) is 4.90 Å². The zero-order chi connectivity index (χ0) is 20.5. The van der Waals surface area contributed by atoms with Gasteiger partial charge >= 0.3 is 0 Å². The van der Waals surface area contributed by atoms with Crippen LogP contribution in [0.1, 0.15) is 5.56 Å². The number of anilines is 3. The maximum absolute atomic E-state index is 13.1. The molecule has 2 fully saturated rings. The predicted molar refractivity (Wildman–Crippen MR) is 114 cm³/mol. The lowest BCUT2D eigenvalue weighted by molar-refractivity contribution is -0.0660. The lowest BCUT2D eigenvalue weighted by Gasteiger charge is -2.43. The minimum atomic E-state index is -0.272. The number of halogens is 1. The number of aryl methyl sites for hydroxylation is 1. The average Bonchev–Trinajstić information content (AvgIpc) is 3.16. The number of ether oxygens (including phenoxy) is 1. The van der Waals surface area contributed by atoms with Gasteiger partial charge in [0, 0.05) is 37.6 Å². The predicted octanol–water partition coefficient (Wildman–Crippen LogP) is 2.98. The number of hydrogen-bond donors (Lipinski definition) is 1. The Balaban J connectivity index is 1.28. The van der Waals surface area contributed by atoms with E-state index in [1.54, 1.807) is 23.1 Å². The van der Waals surface area contributed by atoms with Gasteiger partial charge in [-0.05, 0) is 55.0 Å². The molecule has 0 aliphatic carbocycles. The first kappa shape index (κ1) is 19.0. The molecule has 0 atom stereocenters. The van der Waals surface area contributed by atoms with Crippen molar-refractivity contribution in [1.82, 2.24) is 19.7 Å². The molecule has 7 nitrogen and oxygen atoms in total. The molecule has 2 aromatic carbocycles. The zero-order valence-electron chi connectivity index (χ0n) is 17.0. The van der Waals surface area contributed by atoms with Crippen molar-refractivity contribution in [3.05, 3.63) is 60.2 Å². The second-order valence-corrected chi connectivity index (χ2v) is 7.89. The van der Waals surface area contributed by atoms with E-state index in [1.807, 2.05) is 0 Å². The van der Waals surface area contributed by atoms with Gasteiger partial charge in [-0.2, -0.15) is 4.98 Å². The fourth-order valence-electron chi connectivity index (χ4n) is 3.96. The van der Waals surface area contributed by atoms with Crippen LogP contribution in [-0.2, 0) is 4.74 Å². The molecule has 0 saturated carbocycles. The monoisotopic (exact) mass is 408 g/mol. The second-order valence-electron chi connectivity index (χ2n) is 7.89. The van der Waals surface area contributed by atoms with Gasteiger partial charge in [0.1, 0.15) is 12.1 Å². The van der Waals surface area contributed by atoms with Crippen LogP contribution in [0.3, 0.4) is 0 Å². The molecule has 2 aliphatic rings. The minimum absolute atomic E-state index is 0.272. The molecule has 156 valence electrons. The molecule has 1 N–H and O–H groups in total. The van der Waals surface area contributed by atoms with Gasteiger partial charge in [0.25, 0.3) is 0 Å². The summed E-state index contributed by atoms with van der Waals surface area (Å²) in [5.41, 5.74) is 4.11. The molecule has 30 heavy (non-hydrogen) atoms. The van der Waals surface area contributed by atoms with Crippen molar-refractivity contribution in [3.63, 3.8) is 0 Å². The van der Waals surface area contributed by atoms with E-state index >= 15 is 0 Å². The number of nitrogens with one attached hydrogen (secondary N) is 1. The van der Waals surface area contributed by atoms with Crippen molar-refractivity contribution in [3.8, 4) is 5.69 Å². The maximum atomic E-state index is 13.1. The Morgan fingerprint density at radius 1 is 1.00 bits per heavy atom. The van der Waals surface area contributed by atoms with Crippen LogP contribution in [0.4, 0.5) is 21.7 Å². The summed E-state index contributed by atoms with van der Waals surface area (Å²) in [5, 5.41) is 7.76. The molecule has 0 amide bonds. The van der Waals surface area contributed by atoms with Gasteiger partial charge in [-0.25, -0.2) is 9.07 Å². The van der Waals surface area contributed by atoms with Crippen LogP contribution in [0.5, 0.6) is 0 Å². The Morgan fingerprint density at radius 2 is 1.77 bits per heavy atom. The normalized spacial score (nSPS) is 17.7. The Morgan fingerprint density at radius 3 is 2.47 bits per heavy atom. The highest BCUT2D eigenvalue weighted by atomic mass is 19.1. The summed E-state index contributed by atoms with van der Waals surface area (Å²) in [6, 6.07) is 13.2. The van der Waals surface area contributed by atoms with Crippen molar-refractivity contribution in [1.29, 1.82) is 0 Å². The molecule has 3 heterocycles. The van der Waals surface area contributed by atoms with Gasteiger partial charge in [-0.1, -0.05) is 0 Å². The first-order valence-corrected chi connectivity index (χ1v) is 10.3. The molecule has 2 saturated heterocycles. The van der Waals surface area contributed by atoms with Crippen molar-refractivity contribution in [2.45, 2.75) is 13.0 Å². The second kappa shape index (κ2) is 8.04.